The summed E-state index contributed by atoms with van der Waals surface area (Å²) < 4.78 is 0. The molecule has 0 radical (unpaired) electrons. The summed E-state index contributed by atoms with van der Waals surface area (Å²) >= 11 is 0. The highest BCUT2D eigenvalue weighted by Crippen LogP contribution is 2.19. The molecule has 1 atom stereocenters. The molecule has 1 aromatic heterocycles. The summed E-state index contributed by atoms with van der Waals surface area (Å²) in [6.07, 6.45) is 27.4. The number of allylic oxidation sites excluding steroid dienone is 6. The van der Waals surface area contributed by atoms with Crippen LogP contribution in [0.3, 0.4) is 0 Å². The largest absolute Gasteiger partial charge is 0.480 e. The third-order valence-electron chi connectivity index (χ3n) is 5.87. The van der Waals surface area contributed by atoms with E-state index in [0.29, 0.717) is 6.42 Å². The van der Waals surface area contributed by atoms with Crippen molar-refractivity contribution in [2.24, 2.45) is 0 Å². The van der Waals surface area contributed by atoms with Crippen molar-refractivity contribution in [1.82, 2.24) is 10.3 Å². The Morgan fingerprint density at radius 3 is 2.36 bits per heavy atom. The Balaban J connectivity index is 1.48. The Morgan fingerprint density at radius 1 is 0.939 bits per heavy atom. The first-order valence-electron chi connectivity index (χ1n) is 12.7. The maximum absolute atomic E-state index is 11.7. The third-order valence-corrected chi connectivity index (χ3v) is 5.87. The van der Waals surface area contributed by atoms with Crippen LogP contribution in [0.4, 0.5) is 0 Å². The molecular weight excluding hydrogens is 408 g/mol. The molecule has 3 N–H and O–H groups in total. The van der Waals surface area contributed by atoms with Gasteiger partial charge in [0.2, 0.25) is 0 Å². The first kappa shape index (κ1) is 26.7. The summed E-state index contributed by atoms with van der Waals surface area (Å²) in [5, 5.41) is 13.9. The first-order chi connectivity index (χ1) is 16.2. The van der Waals surface area contributed by atoms with Gasteiger partial charge >= 0.3 is 5.97 Å². The zero-order valence-electron chi connectivity index (χ0n) is 20.3. The lowest BCUT2D eigenvalue weighted by molar-refractivity contribution is -0.139. The molecule has 180 valence electrons. The maximum atomic E-state index is 11.7. The molecule has 0 bridgehead atoms. The number of aromatic nitrogens is 1. The monoisotopic (exact) mass is 450 g/mol. The second-order valence-corrected chi connectivity index (χ2v) is 8.61. The van der Waals surface area contributed by atoms with Crippen molar-refractivity contribution in [3.05, 3.63) is 72.5 Å². The molecule has 0 saturated carbocycles. The van der Waals surface area contributed by atoms with Crippen LogP contribution in [0.2, 0.25) is 0 Å². The van der Waals surface area contributed by atoms with Crippen molar-refractivity contribution in [1.29, 1.82) is 0 Å². The van der Waals surface area contributed by atoms with Crippen molar-refractivity contribution >= 4 is 16.9 Å². The molecule has 0 saturated heterocycles. The van der Waals surface area contributed by atoms with Gasteiger partial charge in [0.15, 0.2) is 0 Å². The molecule has 1 heterocycles. The molecule has 0 aliphatic rings. The van der Waals surface area contributed by atoms with Gasteiger partial charge in [-0.1, -0.05) is 87.3 Å². The van der Waals surface area contributed by atoms with Crippen molar-refractivity contribution in [2.45, 2.75) is 83.6 Å². The smallest absolute Gasteiger partial charge is 0.321 e. The fourth-order valence-electron chi connectivity index (χ4n) is 3.96. The topological polar surface area (TPSA) is 65.1 Å². The van der Waals surface area contributed by atoms with Crippen molar-refractivity contribution in [3.8, 4) is 0 Å². The molecule has 2 rings (SSSR count). The second kappa shape index (κ2) is 17.0. The van der Waals surface area contributed by atoms with Crippen LogP contribution in [0.5, 0.6) is 0 Å². The number of aromatic amines is 1. The minimum Gasteiger partial charge on any atom is -0.480 e. The summed E-state index contributed by atoms with van der Waals surface area (Å²) in [6, 6.07) is 7.49. The van der Waals surface area contributed by atoms with Gasteiger partial charge in [-0.2, -0.15) is 0 Å². The lowest BCUT2D eigenvalue weighted by Gasteiger charge is -2.14. The third kappa shape index (κ3) is 11.2. The van der Waals surface area contributed by atoms with Gasteiger partial charge in [-0.05, 0) is 56.7 Å². The normalized spacial score (nSPS) is 13.1. The van der Waals surface area contributed by atoms with Gasteiger partial charge in [-0.15, -0.1) is 0 Å². The zero-order valence-corrected chi connectivity index (χ0v) is 20.3. The zero-order chi connectivity index (χ0) is 23.6. The molecule has 0 spiro atoms. The number of unbranched alkanes of at least 4 members (excludes halogenated alkanes) is 6. The van der Waals surface area contributed by atoms with Crippen molar-refractivity contribution in [3.63, 3.8) is 0 Å². The molecule has 4 nitrogen and oxygen atoms in total. The summed E-state index contributed by atoms with van der Waals surface area (Å²) in [4.78, 5) is 14.9. The summed E-state index contributed by atoms with van der Waals surface area (Å²) in [7, 11) is 0. The molecule has 2 aromatic rings. The summed E-state index contributed by atoms with van der Waals surface area (Å²) in [5.74, 6) is -0.780. The van der Waals surface area contributed by atoms with Crippen LogP contribution in [-0.4, -0.2) is 28.6 Å². The highest BCUT2D eigenvalue weighted by atomic mass is 16.4. The Hall–Kier alpha value is -2.59. The van der Waals surface area contributed by atoms with E-state index >= 15 is 0 Å². The quantitative estimate of drug-likeness (QED) is 0.164. The number of rotatable bonds is 18. The number of hydrogen-bond acceptors (Lipinski definition) is 2. The predicted molar refractivity (Wildman–Crippen MR) is 141 cm³/mol. The van der Waals surface area contributed by atoms with Crippen molar-refractivity contribution in [2.75, 3.05) is 6.54 Å². The molecule has 0 amide bonds. The van der Waals surface area contributed by atoms with Crippen LogP contribution in [0.1, 0.15) is 76.7 Å². The van der Waals surface area contributed by atoms with E-state index in [1.54, 1.807) is 0 Å². The summed E-state index contributed by atoms with van der Waals surface area (Å²) in [6.45, 7) is 2.91. The van der Waals surface area contributed by atoms with Crippen LogP contribution in [0.25, 0.3) is 10.9 Å². The lowest BCUT2D eigenvalue weighted by Crippen LogP contribution is -2.39. The standard InChI is InChI=1S/C29H42N2O2/c1-2-3-4-5-6-7-8-9-10-11-12-13-14-15-16-19-22-30-28(29(32)33)23-25-24-31-27-21-18-17-20-26(25)27/h3-4,6-7,9-10,17-18,20-21,24,28,30-31H,2,5,8,11-16,19,22-23H2,1H3,(H,32,33)/b4-3-,7-6-,10-9-. The van der Waals surface area contributed by atoms with Crippen molar-refractivity contribution < 1.29 is 9.90 Å². The molecule has 0 aliphatic carbocycles. The van der Waals surface area contributed by atoms with Crippen LogP contribution in [-0.2, 0) is 11.2 Å². The molecule has 0 aliphatic heterocycles. The molecule has 0 fully saturated rings. The van der Waals surface area contributed by atoms with Gasteiger partial charge in [0.1, 0.15) is 6.04 Å². The number of carbonyl (C=O) groups is 1. The van der Waals surface area contributed by atoms with E-state index in [2.05, 4.69) is 53.7 Å². The Kier molecular flexibility index (Phi) is 13.7. The first-order valence-corrected chi connectivity index (χ1v) is 12.7. The van der Waals surface area contributed by atoms with Crippen LogP contribution < -0.4 is 5.32 Å². The number of fused-ring (bicyclic) bond motifs is 1. The number of aliphatic carboxylic acids is 1. The maximum Gasteiger partial charge on any atom is 0.321 e. The number of benzene rings is 1. The van der Waals surface area contributed by atoms with E-state index in [-0.39, 0.29) is 0 Å². The SMILES string of the molecule is CC/C=C\C/C=C\C/C=C\CCCCCCCCNC(Cc1c[nH]c2ccccc12)C(=O)O. The Morgan fingerprint density at radius 2 is 1.61 bits per heavy atom. The number of H-pyrrole nitrogens is 1. The number of para-hydroxylation sites is 1. The average Bonchev–Trinajstić information content (AvgIpc) is 3.23. The lowest BCUT2D eigenvalue weighted by atomic mass is 10.0. The number of carboxylic acid groups (broad SMARTS) is 1. The van der Waals surface area contributed by atoms with E-state index in [1.807, 2.05) is 30.5 Å². The van der Waals surface area contributed by atoms with Gasteiger partial charge in [-0.25, -0.2) is 0 Å². The van der Waals surface area contributed by atoms with Gasteiger partial charge < -0.3 is 15.4 Å². The molecule has 1 aromatic carbocycles. The fourth-order valence-corrected chi connectivity index (χ4v) is 3.96. The van der Waals surface area contributed by atoms with E-state index in [4.69, 9.17) is 0 Å². The van der Waals surface area contributed by atoms with E-state index < -0.39 is 12.0 Å². The van der Waals surface area contributed by atoms with E-state index in [0.717, 1.165) is 55.1 Å². The number of carboxylic acids is 1. The highest BCUT2D eigenvalue weighted by molar-refractivity contribution is 5.84. The van der Waals surface area contributed by atoms with Crippen LogP contribution in [0, 0.1) is 0 Å². The second-order valence-electron chi connectivity index (χ2n) is 8.61. The fraction of sp³-hybridized carbons (Fsp3) is 0.483. The highest BCUT2D eigenvalue weighted by Gasteiger charge is 2.18. The average molecular weight is 451 g/mol. The number of nitrogens with one attached hydrogen (secondary N) is 2. The molecule has 4 heteroatoms. The van der Waals surface area contributed by atoms with Gasteiger partial charge in [-0.3, -0.25) is 4.79 Å². The molecule has 33 heavy (non-hydrogen) atoms. The summed E-state index contributed by atoms with van der Waals surface area (Å²) in [5.41, 5.74) is 2.11. The molecular formula is C29H42N2O2. The Labute approximate surface area is 199 Å². The minimum atomic E-state index is -0.780. The Bertz CT molecular complexity index is 879. The minimum absolute atomic E-state index is 0.499. The molecule has 1 unspecified atom stereocenters. The number of hydrogen-bond donors (Lipinski definition) is 3. The van der Waals surface area contributed by atoms with E-state index in [9.17, 15) is 9.90 Å². The van der Waals surface area contributed by atoms with Gasteiger partial charge in [0.25, 0.3) is 0 Å². The van der Waals surface area contributed by atoms with Gasteiger partial charge in [0.05, 0.1) is 0 Å². The van der Waals surface area contributed by atoms with Gasteiger partial charge in [0, 0.05) is 23.5 Å². The van der Waals surface area contributed by atoms with Crippen LogP contribution in [0.15, 0.2) is 66.9 Å². The van der Waals surface area contributed by atoms with E-state index in [1.165, 1.54) is 32.1 Å². The van der Waals surface area contributed by atoms with Crippen LogP contribution >= 0.6 is 0 Å². The predicted octanol–water partition coefficient (Wildman–Crippen LogP) is 7.34.